The summed E-state index contributed by atoms with van der Waals surface area (Å²) in [4.78, 5) is 25.5. The average Bonchev–Trinajstić information content (AvgIpc) is 2.64. The van der Waals surface area contributed by atoms with E-state index in [1.807, 2.05) is 6.07 Å². The topological polar surface area (TPSA) is 73.2 Å². The third kappa shape index (κ3) is 2.35. The summed E-state index contributed by atoms with van der Waals surface area (Å²) in [5.74, 6) is -0.760. The van der Waals surface area contributed by atoms with Gasteiger partial charge >= 0.3 is 6.03 Å². The zero-order chi connectivity index (χ0) is 14.9. The Bertz CT molecular complexity index is 593. The molecule has 1 aromatic carbocycles. The van der Waals surface area contributed by atoms with Gasteiger partial charge in [0.15, 0.2) is 0 Å². The Morgan fingerprint density at radius 2 is 2.00 bits per heavy atom. The number of imide groups is 1. The largest absolute Gasteiger partial charge is 0.325 e. The van der Waals surface area contributed by atoms with Gasteiger partial charge in [0.2, 0.25) is 0 Å². The molecule has 1 heterocycles. The molecule has 2 rings (SSSR count). The molecule has 1 aliphatic rings. The van der Waals surface area contributed by atoms with E-state index in [1.165, 1.54) is 0 Å². The van der Waals surface area contributed by atoms with Crippen molar-refractivity contribution in [2.24, 2.45) is 5.92 Å². The van der Waals surface area contributed by atoms with Crippen molar-refractivity contribution in [3.05, 3.63) is 34.9 Å². The minimum atomic E-state index is -1.11. The van der Waals surface area contributed by atoms with E-state index in [1.54, 1.807) is 38.1 Å². The Balaban J connectivity index is 2.31. The first-order valence-corrected chi connectivity index (χ1v) is 6.56. The first-order valence-electron chi connectivity index (χ1n) is 6.18. The summed E-state index contributed by atoms with van der Waals surface area (Å²) >= 11 is 5.83. The minimum absolute atomic E-state index is 0.0876. The van der Waals surface area contributed by atoms with Gasteiger partial charge in [-0.2, -0.15) is 5.26 Å². The smallest absolute Gasteiger partial charge is 0.319 e. The number of amides is 3. The number of nitrogens with one attached hydrogen (secondary N) is 1. The molecule has 0 saturated carbocycles. The van der Waals surface area contributed by atoms with E-state index in [4.69, 9.17) is 16.9 Å². The van der Waals surface area contributed by atoms with Crippen LogP contribution in [0.2, 0.25) is 5.02 Å². The number of nitriles is 1. The molecule has 0 bridgehead atoms. The highest BCUT2D eigenvalue weighted by Crippen LogP contribution is 2.29. The number of hydrogen-bond donors (Lipinski definition) is 1. The van der Waals surface area contributed by atoms with Crippen LogP contribution in [-0.2, 0) is 10.3 Å². The number of benzene rings is 1. The van der Waals surface area contributed by atoms with Crippen LogP contribution in [0.1, 0.15) is 19.4 Å². The molecule has 6 heteroatoms. The standard InChI is InChI=1S/C14H14ClN3O2/c1-9(7-16)8-18-12(19)14(2,17-13(18)20)10-3-5-11(15)6-4-10/h3-6,9H,8H2,1-2H3,(H,17,20)/t9-,14-/m0/s1. The molecule has 1 saturated heterocycles. The molecule has 1 fully saturated rings. The van der Waals surface area contributed by atoms with Gasteiger partial charge in [0, 0.05) is 11.6 Å². The fourth-order valence-electron chi connectivity index (χ4n) is 2.16. The van der Waals surface area contributed by atoms with E-state index in [0.29, 0.717) is 10.6 Å². The summed E-state index contributed by atoms with van der Waals surface area (Å²) in [7, 11) is 0. The molecule has 5 nitrogen and oxygen atoms in total. The van der Waals surface area contributed by atoms with Gasteiger partial charge in [-0.3, -0.25) is 9.69 Å². The first-order chi connectivity index (χ1) is 9.38. The second-order valence-corrected chi connectivity index (χ2v) is 5.44. The van der Waals surface area contributed by atoms with Crippen LogP contribution in [0.4, 0.5) is 4.79 Å². The molecule has 0 radical (unpaired) electrons. The zero-order valence-electron chi connectivity index (χ0n) is 11.2. The lowest BCUT2D eigenvalue weighted by atomic mass is 9.92. The molecule has 0 unspecified atom stereocenters. The van der Waals surface area contributed by atoms with E-state index in [2.05, 4.69) is 5.32 Å². The van der Waals surface area contributed by atoms with Crippen molar-refractivity contribution in [2.45, 2.75) is 19.4 Å². The third-order valence-electron chi connectivity index (χ3n) is 3.37. The Morgan fingerprint density at radius 3 is 2.55 bits per heavy atom. The Labute approximate surface area is 122 Å². The van der Waals surface area contributed by atoms with Crippen molar-refractivity contribution >= 4 is 23.5 Å². The fraction of sp³-hybridized carbons (Fsp3) is 0.357. The fourth-order valence-corrected chi connectivity index (χ4v) is 2.28. The van der Waals surface area contributed by atoms with Crippen molar-refractivity contribution < 1.29 is 9.59 Å². The summed E-state index contributed by atoms with van der Waals surface area (Å²) in [5.41, 5.74) is -0.455. The highest BCUT2D eigenvalue weighted by molar-refractivity contribution is 6.30. The molecule has 3 amide bonds. The predicted molar refractivity (Wildman–Crippen MR) is 73.8 cm³/mol. The third-order valence-corrected chi connectivity index (χ3v) is 3.63. The van der Waals surface area contributed by atoms with Gasteiger partial charge in [0.05, 0.1) is 12.0 Å². The van der Waals surface area contributed by atoms with Gasteiger partial charge in [0.25, 0.3) is 5.91 Å². The second kappa shape index (κ2) is 5.14. The minimum Gasteiger partial charge on any atom is -0.319 e. The van der Waals surface area contributed by atoms with Gasteiger partial charge in [-0.25, -0.2) is 4.79 Å². The van der Waals surface area contributed by atoms with Gasteiger partial charge < -0.3 is 5.32 Å². The highest BCUT2D eigenvalue weighted by atomic mass is 35.5. The van der Waals surface area contributed by atoms with Crippen molar-refractivity contribution in [2.75, 3.05) is 6.54 Å². The maximum absolute atomic E-state index is 12.5. The number of nitrogens with zero attached hydrogens (tertiary/aromatic N) is 2. The van der Waals surface area contributed by atoms with Crippen LogP contribution in [0.25, 0.3) is 0 Å². The molecule has 20 heavy (non-hydrogen) atoms. The maximum atomic E-state index is 12.5. The van der Waals surface area contributed by atoms with Crippen LogP contribution in [0.15, 0.2) is 24.3 Å². The summed E-state index contributed by atoms with van der Waals surface area (Å²) in [5, 5.41) is 12.1. The van der Waals surface area contributed by atoms with Crippen LogP contribution in [0.5, 0.6) is 0 Å². The predicted octanol–water partition coefficient (Wildman–Crippen LogP) is 2.27. The molecule has 0 spiro atoms. The molecule has 0 aromatic heterocycles. The van der Waals surface area contributed by atoms with Crippen molar-refractivity contribution in [3.63, 3.8) is 0 Å². The molecule has 0 aliphatic carbocycles. The van der Waals surface area contributed by atoms with Crippen molar-refractivity contribution in [1.29, 1.82) is 5.26 Å². The molecule has 1 N–H and O–H groups in total. The summed E-state index contributed by atoms with van der Waals surface area (Å²) in [6.07, 6.45) is 0. The molecular weight excluding hydrogens is 278 g/mol. The maximum Gasteiger partial charge on any atom is 0.325 e. The summed E-state index contributed by atoms with van der Waals surface area (Å²) in [6, 6.07) is 8.29. The van der Waals surface area contributed by atoms with E-state index < -0.39 is 17.5 Å². The summed E-state index contributed by atoms with van der Waals surface area (Å²) < 4.78 is 0. The van der Waals surface area contributed by atoms with Gasteiger partial charge in [-0.05, 0) is 31.5 Å². The Hall–Kier alpha value is -2.06. The highest BCUT2D eigenvalue weighted by Gasteiger charge is 2.49. The molecule has 2 atom stereocenters. The number of carbonyl (C=O) groups excluding carboxylic acids is 2. The van der Waals surface area contributed by atoms with E-state index in [0.717, 1.165) is 4.90 Å². The van der Waals surface area contributed by atoms with Gasteiger partial charge in [-0.1, -0.05) is 23.7 Å². The quantitative estimate of drug-likeness (QED) is 0.868. The number of urea groups is 1. The second-order valence-electron chi connectivity index (χ2n) is 5.01. The average molecular weight is 292 g/mol. The summed E-state index contributed by atoms with van der Waals surface area (Å²) in [6.45, 7) is 3.40. The van der Waals surface area contributed by atoms with Crippen LogP contribution in [0, 0.1) is 17.2 Å². The van der Waals surface area contributed by atoms with E-state index in [9.17, 15) is 9.59 Å². The van der Waals surface area contributed by atoms with Gasteiger partial charge in [-0.15, -0.1) is 0 Å². The Morgan fingerprint density at radius 1 is 1.40 bits per heavy atom. The molecule has 1 aliphatic heterocycles. The number of halogens is 1. The van der Waals surface area contributed by atoms with Crippen LogP contribution >= 0.6 is 11.6 Å². The number of carbonyl (C=O) groups is 2. The number of hydrogen-bond acceptors (Lipinski definition) is 3. The lowest BCUT2D eigenvalue weighted by Crippen LogP contribution is -2.41. The lowest BCUT2D eigenvalue weighted by molar-refractivity contribution is -0.131. The lowest BCUT2D eigenvalue weighted by Gasteiger charge is -2.22. The van der Waals surface area contributed by atoms with E-state index >= 15 is 0 Å². The van der Waals surface area contributed by atoms with Gasteiger partial charge in [0.1, 0.15) is 5.54 Å². The first kappa shape index (κ1) is 14.4. The zero-order valence-corrected chi connectivity index (χ0v) is 11.9. The SMILES string of the molecule is C[C@@H](C#N)CN1C(=O)N[C@@](C)(c2ccc(Cl)cc2)C1=O. The Kier molecular flexibility index (Phi) is 3.69. The normalized spacial score (nSPS) is 23.4. The van der Waals surface area contributed by atoms with Crippen LogP contribution < -0.4 is 5.32 Å². The van der Waals surface area contributed by atoms with E-state index in [-0.39, 0.29) is 12.5 Å². The molecule has 104 valence electrons. The van der Waals surface area contributed by atoms with Crippen LogP contribution in [-0.4, -0.2) is 23.4 Å². The van der Waals surface area contributed by atoms with Crippen LogP contribution in [0.3, 0.4) is 0 Å². The molecule has 1 aromatic rings. The monoisotopic (exact) mass is 291 g/mol. The number of rotatable bonds is 3. The van der Waals surface area contributed by atoms with Crippen molar-refractivity contribution in [1.82, 2.24) is 10.2 Å². The molecular formula is C14H14ClN3O2. The van der Waals surface area contributed by atoms with Crippen molar-refractivity contribution in [3.8, 4) is 6.07 Å².